The van der Waals surface area contributed by atoms with Crippen LogP contribution >= 0.6 is 15.6 Å². The van der Waals surface area contributed by atoms with E-state index in [-0.39, 0.29) is 12.8 Å². The molecule has 1 rings (SSSR count). The molecule has 0 aromatic carbocycles. The summed E-state index contributed by atoms with van der Waals surface area (Å²) in [6, 6.07) is 0. The third-order valence-corrected chi connectivity index (χ3v) is 11.4. The Morgan fingerprint density at radius 2 is 1.03 bits per heavy atom. The lowest BCUT2D eigenvalue weighted by molar-refractivity contribution is -0.161. The van der Waals surface area contributed by atoms with E-state index in [1.807, 2.05) is 12.2 Å². The normalized spacial score (nSPS) is 17.7. The van der Waals surface area contributed by atoms with Crippen molar-refractivity contribution in [2.24, 2.45) is 0 Å². The molecule has 0 aliphatic carbocycles. The zero-order chi connectivity index (χ0) is 44.2. The topological polar surface area (TPSA) is 208 Å². The maximum Gasteiger partial charge on any atom is 0.472 e. The van der Waals surface area contributed by atoms with E-state index >= 15 is 0 Å². The van der Waals surface area contributed by atoms with Gasteiger partial charge in [-0.2, -0.15) is 0 Å². The van der Waals surface area contributed by atoms with Crippen LogP contribution in [0.4, 0.5) is 0 Å². The number of unbranched alkanes of at least 4 members (excludes halogenated alkanes) is 18. The molecule has 0 saturated carbocycles. The lowest BCUT2D eigenvalue weighted by atomic mass is 10.0. The number of rotatable bonds is 42. The fourth-order valence-electron chi connectivity index (χ4n) is 6.32. The van der Waals surface area contributed by atoms with Crippen molar-refractivity contribution in [1.29, 1.82) is 0 Å². The number of hydrogen-bond acceptors (Lipinski definition) is 11. The Kier molecular flexibility index (Phi) is 34.5. The molecule has 350 valence electrons. The van der Waals surface area contributed by atoms with E-state index in [0.29, 0.717) is 31.5 Å². The van der Waals surface area contributed by atoms with Gasteiger partial charge < -0.3 is 34.0 Å². The number of phosphoric acid groups is 2. The summed E-state index contributed by atoms with van der Waals surface area (Å²) in [6.45, 7) is 1.68. The van der Waals surface area contributed by atoms with Crippen LogP contribution in [-0.2, 0) is 46.5 Å². The fourth-order valence-corrected chi connectivity index (χ4v) is 7.48. The minimum Gasteiger partial charge on any atom is -0.462 e. The van der Waals surface area contributed by atoms with Crippen molar-refractivity contribution < 1.29 is 66.3 Å². The van der Waals surface area contributed by atoms with Crippen LogP contribution in [-0.4, -0.2) is 82.6 Å². The van der Waals surface area contributed by atoms with Gasteiger partial charge in [0.05, 0.1) is 32.0 Å². The van der Waals surface area contributed by atoms with Gasteiger partial charge in [0.15, 0.2) is 6.10 Å². The number of carbonyl (C=O) groups is 2. The number of aliphatic hydroxyl groups is 1. The molecule has 1 aliphatic rings. The van der Waals surface area contributed by atoms with Crippen LogP contribution in [0.5, 0.6) is 0 Å². The number of allylic oxidation sites excluding steroid dienone is 4. The van der Waals surface area contributed by atoms with E-state index in [4.69, 9.17) is 28.5 Å². The van der Waals surface area contributed by atoms with Gasteiger partial charge in [-0.25, -0.2) is 9.13 Å². The lowest BCUT2D eigenvalue weighted by Crippen LogP contribution is -2.29. The maximum atomic E-state index is 12.7. The van der Waals surface area contributed by atoms with E-state index in [1.165, 1.54) is 89.9 Å². The molecule has 16 heteroatoms. The molecular formula is C44H80O14P2. The van der Waals surface area contributed by atoms with Crippen molar-refractivity contribution >= 4 is 27.6 Å². The number of ether oxygens (including phenoxy) is 3. The monoisotopic (exact) mass is 895 g/mol. The Balaban J connectivity index is 2.38. The highest BCUT2D eigenvalue weighted by molar-refractivity contribution is 7.47. The standard InChI is InChI=1S/C44H80O14P2/c1-3-5-7-9-11-12-13-14-15-16-17-18-21-25-29-33-43(46)53-37-40(38-56-60(51,52)55-36-39(45)35-54-59(48,49)50)57-44(47)34-30-26-22-19-20-24-28-32-42-41(58-42)31-27-23-10-8-6-4-2/h19,22-24,27-28,39-42,45H,3-18,20-21,25-26,29-38H2,1-2H3,(H,51,52)(H2,48,49,50)/b22-19-,27-23-,28-24-/t39-,40+,41?,42?/m0/s1. The van der Waals surface area contributed by atoms with Gasteiger partial charge in [-0.1, -0.05) is 153 Å². The summed E-state index contributed by atoms with van der Waals surface area (Å²) in [5.41, 5.74) is 0. The van der Waals surface area contributed by atoms with Crippen molar-refractivity contribution in [3.8, 4) is 0 Å². The number of phosphoric ester groups is 2. The van der Waals surface area contributed by atoms with Crippen LogP contribution < -0.4 is 0 Å². The molecular weight excluding hydrogens is 814 g/mol. The summed E-state index contributed by atoms with van der Waals surface area (Å²) >= 11 is 0. The van der Waals surface area contributed by atoms with Gasteiger partial charge in [-0.15, -0.1) is 0 Å². The number of esters is 2. The lowest BCUT2D eigenvalue weighted by Gasteiger charge is -2.20. The van der Waals surface area contributed by atoms with Crippen molar-refractivity contribution in [1.82, 2.24) is 0 Å². The average Bonchev–Trinajstić information content (AvgIpc) is 3.96. The second-order valence-corrected chi connectivity index (χ2v) is 18.4. The zero-order valence-corrected chi connectivity index (χ0v) is 38.5. The molecule has 1 saturated heterocycles. The first kappa shape index (κ1) is 56.3. The van der Waals surface area contributed by atoms with Gasteiger partial charge in [0.1, 0.15) is 12.7 Å². The highest BCUT2D eigenvalue weighted by Crippen LogP contribution is 2.44. The van der Waals surface area contributed by atoms with Crippen LogP contribution in [0.15, 0.2) is 36.5 Å². The van der Waals surface area contributed by atoms with Crippen molar-refractivity contribution in [2.45, 2.75) is 205 Å². The Labute approximate surface area is 361 Å². The minimum atomic E-state index is -4.87. The van der Waals surface area contributed by atoms with Crippen LogP contribution in [0, 0.1) is 0 Å². The summed E-state index contributed by atoms with van der Waals surface area (Å²) in [5.74, 6) is -1.10. The van der Waals surface area contributed by atoms with Crippen molar-refractivity contribution in [2.75, 3.05) is 26.4 Å². The van der Waals surface area contributed by atoms with Gasteiger partial charge >= 0.3 is 27.6 Å². The van der Waals surface area contributed by atoms with E-state index in [2.05, 4.69) is 47.2 Å². The van der Waals surface area contributed by atoms with Gasteiger partial charge in [0.2, 0.25) is 0 Å². The van der Waals surface area contributed by atoms with Gasteiger partial charge in [-0.3, -0.25) is 23.2 Å². The van der Waals surface area contributed by atoms with E-state index < -0.39 is 66.2 Å². The molecule has 3 unspecified atom stereocenters. The highest BCUT2D eigenvalue weighted by atomic mass is 31.2. The Morgan fingerprint density at radius 1 is 0.567 bits per heavy atom. The van der Waals surface area contributed by atoms with Crippen LogP contribution in [0.3, 0.4) is 0 Å². The quantitative estimate of drug-likeness (QED) is 0.0148. The zero-order valence-electron chi connectivity index (χ0n) is 36.8. The van der Waals surface area contributed by atoms with Crippen LogP contribution in [0.1, 0.15) is 181 Å². The molecule has 4 N–H and O–H groups in total. The number of carbonyl (C=O) groups excluding carboxylic acids is 2. The molecule has 0 aromatic heterocycles. The summed E-state index contributed by atoms with van der Waals surface area (Å²) in [5, 5.41) is 9.75. The SMILES string of the molecule is CCCCC/C=C\CC1OC1C/C=C\C/C=C\CCCC(=O)O[C@H](COC(=O)CCCCCCCCCCCCCCCCC)COP(=O)(O)OC[C@@H](O)COP(=O)(O)O. The molecule has 5 atom stereocenters. The number of hydrogen-bond donors (Lipinski definition) is 4. The second kappa shape index (κ2) is 36.8. The van der Waals surface area contributed by atoms with Gasteiger partial charge in [-0.05, 0) is 51.4 Å². The molecule has 1 fully saturated rings. The summed E-state index contributed by atoms with van der Waals surface area (Å²) in [6.07, 6.45) is 37.4. The molecule has 0 aromatic rings. The highest BCUT2D eigenvalue weighted by Gasteiger charge is 2.36. The maximum absolute atomic E-state index is 12.7. The summed E-state index contributed by atoms with van der Waals surface area (Å²) in [4.78, 5) is 52.7. The fraction of sp³-hybridized carbons (Fsp3) is 0.818. The summed E-state index contributed by atoms with van der Waals surface area (Å²) in [7, 11) is -9.69. The van der Waals surface area contributed by atoms with E-state index in [0.717, 1.165) is 44.9 Å². The van der Waals surface area contributed by atoms with Crippen molar-refractivity contribution in [3.63, 3.8) is 0 Å². The Hall–Kier alpha value is -1.70. The third kappa shape index (κ3) is 36.9. The minimum absolute atomic E-state index is 0.0518. The Morgan fingerprint density at radius 3 is 1.63 bits per heavy atom. The summed E-state index contributed by atoms with van der Waals surface area (Å²) < 4.78 is 53.5. The molecule has 1 heterocycles. The van der Waals surface area contributed by atoms with Crippen LogP contribution in [0.2, 0.25) is 0 Å². The molecule has 0 amide bonds. The number of aliphatic hydroxyl groups excluding tert-OH is 1. The first-order valence-electron chi connectivity index (χ1n) is 22.8. The van der Waals surface area contributed by atoms with E-state index in [9.17, 15) is 28.7 Å². The largest absolute Gasteiger partial charge is 0.472 e. The predicted molar refractivity (Wildman–Crippen MR) is 234 cm³/mol. The smallest absolute Gasteiger partial charge is 0.462 e. The average molecular weight is 895 g/mol. The first-order valence-corrected chi connectivity index (χ1v) is 25.8. The predicted octanol–water partition coefficient (Wildman–Crippen LogP) is 10.7. The number of epoxide rings is 1. The molecule has 14 nitrogen and oxygen atoms in total. The molecule has 0 bridgehead atoms. The van der Waals surface area contributed by atoms with Gasteiger partial charge in [0.25, 0.3) is 0 Å². The third-order valence-electron chi connectivity index (χ3n) is 9.92. The Bertz CT molecular complexity index is 1270. The molecule has 0 spiro atoms. The first-order chi connectivity index (χ1) is 28.8. The molecule has 0 radical (unpaired) electrons. The molecule has 60 heavy (non-hydrogen) atoms. The van der Waals surface area contributed by atoms with E-state index in [1.54, 1.807) is 0 Å². The second-order valence-electron chi connectivity index (χ2n) is 15.7. The molecule has 1 aliphatic heterocycles. The van der Waals surface area contributed by atoms with Gasteiger partial charge in [0, 0.05) is 12.8 Å². The van der Waals surface area contributed by atoms with Crippen molar-refractivity contribution in [3.05, 3.63) is 36.5 Å². The van der Waals surface area contributed by atoms with Crippen LogP contribution in [0.25, 0.3) is 0 Å².